The SMILES string of the molecule is CCCCCCCCCC(N)c1cnc(C)s1. The van der Waals surface area contributed by atoms with Crippen LogP contribution in [-0.4, -0.2) is 4.98 Å². The molecule has 1 aromatic rings. The van der Waals surface area contributed by atoms with E-state index in [1.165, 1.54) is 49.8 Å². The summed E-state index contributed by atoms with van der Waals surface area (Å²) in [5.74, 6) is 0. The first kappa shape index (κ1) is 14.7. The Kier molecular flexibility index (Phi) is 7.45. The minimum atomic E-state index is 0.205. The molecule has 1 aromatic heterocycles. The van der Waals surface area contributed by atoms with Crippen molar-refractivity contribution in [3.63, 3.8) is 0 Å². The molecule has 2 nitrogen and oxygen atoms in total. The molecule has 98 valence electrons. The van der Waals surface area contributed by atoms with Gasteiger partial charge in [0, 0.05) is 17.1 Å². The molecule has 0 radical (unpaired) electrons. The molecular formula is C14H26N2S. The van der Waals surface area contributed by atoms with Crippen LogP contribution in [0.2, 0.25) is 0 Å². The molecule has 1 heterocycles. The summed E-state index contributed by atoms with van der Waals surface area (Å²) in [7, 11) is 0. The van der Waals surface area contributed by atoms with Gasteiger partial charge in [-0.15, -0.1) is 11.3 Å². The van der Waals surface area contributed by atoms with Crippen molar-refractivity contribution in [3.05, 3.63) is 16.1 Å². The van der Waals surface area contributed by atoms with Gasteiger partial charge in [-0.1, -0.05) is 51.9 Å². The van der Waals surface area contributed by atoms with Gasteiger partial charge in [0.05, 0.1) is 5.01 Å². The second-order valence-electron chi connectivity index (χ2n) is 4.80. The average molecular weight is 254 g/mol. The van der Waals surface area contributed by atoms with Gasteiger partial charge >= 0.3 is 0 Å². The molecule has 0 saturated carbocycles. The number of rotatable bonds is 9. The lowest BCUT2D eigenvalue weighted by molar-refractivity contribution is 0.544. The molecular weight excluding hydrogens is 228 g/mol. The highest BCUT2D eigenvalue weighted by molar-refractivity contribution is 7.11. The Hall–Kier alpha value is -0.410. The highest BCUT2D eigenvalue weighted by atomic mass is 32.1. The van der Waals surface area contributed by atoms with Crippen molar-refractivity contribution in [1.29, 1.82) is 0 Å². The normalized spacial score (nSPS) is 12.9. The number of aromatic nitrogens is 1. The van der Waals surface area contributed by atoms with Gasteiger partial charge in [0.2, 0.25) is 0 Å². The second kappa shape index (κ2) is 8.65. The molecule has 3 heteroatoms. The molecule has 0 aliphatic heterocycles. The van der Waals surface area contributed by atoms with E-state index in [1.54, 1.807) is 11.3 Å². The molecule has 1 atom stereocenters. The van der Waals surface area contributed by atoms with Gasteiger partial charge in [0.1, 0.15) is 0 Å². The molecule has 0 bridgehead atoms. The third-order valence-electron chi connectivity index (χ3n) is 3.12. The molecule has 0 saturated heterocycles. The van der Waals surface area contributed by atoms with Crippen LogP contribution in [0.1, 0.15) is 74.2 Å². The first-order valence-electron chi connectivity index (χ1n) is 6.92. The molecule has 0 aromatic carbocycles. The number of aryl methyl sites for hydroxylation is 1. The van der Waals surface area contributed by atoms with Crippen molar-refractivity contribution < 1.29 is 0 Å². The molecule has 0 amide bonds. The Morgan fingerprint density at radius 1 is 1.18 bits per heavy atom. The lowest BCUT2D eigenvalue weighted by atomic mass is 10.1. The van der Waals surface area contributed by atoms with Gasteiger partial charge in [0.25, 0.3) is 0 Å². The molecule has 1 unspecified atom stereocenters. The van der Waals surface area contributed by atoms with Gasteiger partial charge in [0.15, 0.2) is 0 Å². The first-order valence-corrected chi connectivity index (χ1v) is 7.73. The van der Waals surface area contributed by atoms with Crippen LogP contribution in [0, 0.1) is 6.92 Å². The summed E-state index contributed by atoms with van der Waals surface area (Å²) in [6.45, 7) is 4.30. The smallest absolute Gasteiger partial charge is 0.0897 e. The summed E-state index contributed by atoms with van der Waals surface area (Å²) < 4.78 is 0. The molecule has 0 spiro atoms. The zero-order valence-electron chi connectivity index (χ0n) is 11.2. The summed E-state index contributed by atoms with van der Waals surface area (Å²) in [5, 5.41) is 1.12. The van der Waals surface area contributed by atoms with Crippen molar-refractivity contribution >= 4 is 11.3 Å². The van der Waals surface area contributed by atoms with Crippen LogP contribution in [0.4, 0.5) is 0 Å². The minimum absolute atomic E-state index is 0.205. The van der Waals surface area contributed by atoms with Crippen LogP contribution >= 0.6 is 11.3 Å². The fraction of sp³-hybridized carbons (Fsp3) is 0.786. The number of hydrogen-bond acceptors (Lipinski definition) is 3. The number of unbranched alkanes of at least 4 members (excludes halogenated alkanes) is 6. The Balaban J connectivity index is 2.03. The molecule has 0 aliphatic carbocycles. The standard InChI is InChI=1S/C14H26N2S/c1-3-4-5-6-7-8-9-10-13(15)14-11-16-12(2)17-14/h11,13H,3-10,15H2,1-2H3. The Labute approximate surface area is 110 Å². The number of nitrogens with two attached hydrogens (primary N) is 1. The number of hydrogen-bond donors (Lipinski definition) is 1. The third kappa shape index (κ3) is 6.18. The van der Waals surface area contributed by atoms with Gasteiger partial charge in [-0.3, -0.25) is 0 Å². The summed E-state index contributed by atoms with van der Waals surface area (Å²) in [6, 6.07) is 0.205. The fourth-order valence-corrected chi connectivity index (χ4v) is 2.83. The van der Waals surface area contributed by atoms with E-state index in [0.29, 0.717) is 0 Å². The van der Waals surface area contributed by atoms with E-state index < -0.39 is 0 Å². The Bertz CT molecular complexity index is 296. The maximum atomic E-state index is 6.14. The Morgan fingerprint density at radius 2 is 1.82 bits per heavy atom. The van der Waals surface area contributed by atoms with Crippen molar-refractivity contribution in [1.82, 2.24) is 4.98 Å². The van der Waals surface area contributed by atoms with Crippen molar-refractivity contribution in [2.75, 3.05) is 0 Å². The molecule has 0 aliphatic rings. The largest absolute Gasteiger partial charge is 0.323 e. The first-order chi connectivity index (χ1) is 8.24. The van der Waals surface area contributed by atoms with E-state index in [1.807, 2.05) is 13.1 Å². The van der Waals surface area contributed by atoms with Crippen LogP contribution in [-0.2, 0) is 0 Å². The molecule has 1 rings (SSSR count). The molecule has 2 N–H and O–H groups in total. The van der Waals surface area contributed by atoms with Crippen LogP contribution < -0.4 is 5.73 Å². The summed E-state index contributed by atoms with van der Waals surface area (Å²) in [4.78, 5) is 5.50. The molecule has 0 fully saturated rings. The predicted octanol–water partition coefficient (Wildman–Crippen LogP) is 4.59. The quantitative estimate of drug-likeness (QED) is 0.654. The van der Waals surface area contributed by atoms with E-state index in [-0.39, 0.29) is 6.04 Å². The van der Waals surface area contributed by atoms with E-state index in [0.717, 1.165) is 11.4 Å². The van der Waals surface area contributed by atoms with Crippen molar-refractivity contribution in [2.24, 2.45) is 5.73 Å². The van der Waals surface area contributed by atoms with Gasteiger partial charge in [-0.05, 0) is 13.3 Å². The van der Waals surface area contributed by atoms with Gasteiger partial charge in [-0.25, -0.2) is 4.98 Å². The van der Waals surface area contributed by atoms with E-state index in [2.05, 4.69) is 11.9 Å². The van der Waals surface area contributed by atoms with Gasteiger partial charge in [-0.2, -0.15) is 0 Å². The van der Waals surface area contributed by atoms with Crippen molar-refractivity contribution in [3.8, 4) is 0 Å². The topological polar surface area (TPSA) is 38.9 Å². The third-order valence-corrected chi connectivity index (χ3v) is 4.17. The zero-order valence-corrected chi connectivity index (χ0v) is 12.1. The number of thiazole rings is 1. The van der Waals surface area contributed by atoms with E-state index in [9.17, 15) is 0 Å². The highest BCUT2D eigenvalue weighted by Crippen LogP contribution is 2.23. The van der Waals surface area contributed by atoms with Crippen molar-refractivity contribution in [2.45, 2.75) is 71.3 Å². The fourth-order valence-electron chi connectivity index (χ4n) is 2.01. The maximum absolute atomic E-state index is 6.14. The van der Waals surface area contributed by atoms with Crippen LogP contribution in [0.25, 0.3) is 0 Å². The zero-order chi connectivity index (χ0) is 12.5. The second-order valence-corrected chi connectivity index (χ2v) is 6.06. The highest BCUT2D eigenvalue weighted by Gasteiger charge is 2.08. The van der Waals surface area contributed by atoms with Crippen LogP contribution in [0.15, 0.2) is 6.20 Å². The lowest BCUT2D eigenvalue weighted by Crippen LogP contribution is -2.08. The predicted molar refractivity (Wildman–Crippen MR) is 76.4 cm³/mol. The van der Waals surface area contributed by atoms with Gasteiger partial charge < -0.3 is 5.73 Å². The van der Waals surface area contributed by atoms with E-state index in [4.69, 9.17) is 5.73 Å². The van der Waals surface area contributed by atoms with Crippen LogP contribution in [0.5, 0.6) is 0 Å². The summed E-state index contributed by atoms with van der Waals surface area (Å²) in [5.41, 5.74) is 6.14. The van der Waals surface area contributed by atoms with Crippen LogP contribution in [0.3, 0.4) is 0 Å². The minimum Gasteiger partial charge on any atom is -0.323 e. The summed E-state index contributed by atoms with van der Waals surface area (Å²) >= 11 is 1.73. The summed E-state index contributed by atoms with van der Waals surface area (Å²) in [6.07, 6.45) is 12.5. The number of nitrogens with zero attached hydrogens (tertiary/aromatic N) is 1. The van der Waals surface area contributed by atoms with E-state index >= 15 is 0 Å². The maximum Gasteiger partial charge on any atom is 0.0897 e. The average Bonchev–Trinajstić information content (AvgIpc) is 2.74. The lowest BCUT2D eigenvalue weighted by Gasteiger charge is -2.08. The molecule has 17 heavy (non-hydrogen) atoms. The monoisotopic (exact) mass is 254 g/mol. The Morgan fingerprint density at radius 3 is 2.41 bits per heavy atom.